The molecule has 0 radical (unpaired) electrons. The normalized spacial score (nSPS) is 15.8. The minimum Gasteiger partial charge on any atom is -0.355 e. The van der Waals surface area contributed by atoms with Crippen molar-refractivity contribution in [2.75, 3.05) is 31.1 Å². The molecule has 5 nitrogen and oxygen atoms in total. The van der Waals surface area contributed by atoms with Gasteiger partial charge in [-0.3, -0.25) is 4.79 Å². The van der Waals surface area contributed by atoms with E-state index in [0.29, 0.717) is 0 Å². The Hall–Kier alpha value is -1.69. The highest BCUT2D eigenvalue weighted by Gasteiger charge is 2.18. The summed E-state index contributed by atoms with van der Waals surface area (Å²) in [5, 5.41) is 1.08. The van der Waals surface area contributed by atoms with Gasteiger partial charge < -0.3 is 9.80 Å². The first-order chi connectivity index (χ1) is 11.0. The molecule has 0 bridgehead atoms. The molecule has 1 fully saturated rings. The Bertz CT molecular complexity index is 762. The van der Waals surface area contributed by atoms with Crippen LogP contribution in [0.1, 0.15) is 24.6 Å². The lowest BCUT2D eigenvalue weighted by atomic mass is 10.1. The number of aromatic nitrogens is 2. The van der Waals surface area contributed by atoms with E-state index < -0.39 is 0 Å². The fraction of sp³-hybridized carbons (Fsp3) is 0.471. The molecule has 0 atom stereocenters. The number of carbonyl (C=O) groups is 1. The number of hydrogen-bond donors (Lipinski definition) is 0. The molecule has 3 rings (SSSR count). The summed E-state index contributed by atoms with van der Waals surface area (Å²) in [6, 6.07) is 4.15. The Morgan fingerprint density at radius 2 is 1.91 bits per heavy atom. The van der Waals surface area contributed by atoms with Gasteiger partial charge in [-0.1, -0.05) is 0 Å². The third-order valence-corrected chi connectivity index (χ3v) is 5.62. The van der Waals surface area contributed by atoms with Crippen molar-refractivity contribution in [2.24, 2.45) is 0 Å². The number of fused-ring (bicyclic) bond motifs is 1. The first-order valence-electron chi connectivity index (χ1n) is 7.91. The van der Waals surface area contributed by atoms with Crippen molar-refractivity contribution in [1.29, 1.82) is 0 Å². The molecular formula is C17H21BrN4O. The topological polar surface area (TPSA) is 49.3 Å². The first kappa shape index (κ1) is 16.2. The van der Waals surface area contributed by atoms with Gasteiger partial charge in [0, 0.05) is 43.0 Å². The van der Waals surface area contributed by atoms with Gasteiger partial charge in [-0.15, -0.1) is 0 Å². The number of aryl methyl sites for hydroxylation is 2. The molecule has 0 aromatic carbocycles. The standard InChI is InChI=1S/C17H21BrN4O/c1-11-14-5-6-15(20-17(14)19-12(2)16(11)18)22-8-4-7-21(9-10-22)13(3)23/h5-6H,4,7-10H2,1-3H3. The molecule has 3 heterocycles. The molecular weight excluding hydrogens is 356 g/mol. The van der Waals surface area contributed by atoms with E-state index in [9.17, 15) is 4.79 Å². The number of anilines is 1. The predicted molar refractivity (Wildman–Crippen MR) is 95.8 cm³/mol. The van der Waals surface area contributed by atoms with Crippen LogP contribution in [0, 0.1) is 13.8 Å². The highest BCUT2D eigenvalue weighted by atomic mass is 79.9. The van der Waals surface area contributed by atoms with Crippen molar-refractivity contribution in [2.45, 2.75) is 27.2 Å². The van der Waals surface area contributed by atoms with Gasteiger partial charge in [0.15, 0.2) is 5.65 Å². The fourth-order valence-electron chi connectivity index (χ4n) is 3.05. The molecule has 0 aliphatic carbocycles. The maximum absolute atomic E-state index is 11.6. The van der Waals surface area contributed by atoms with Gasteiger partial charge in [0.25, 0.3) is 0 Å². The van der Waals surface area contributed by atoms with Gasteiger partial charge in [0.05, 0.1) is 5.69 Å². The lowest BCUT2D eigenvalue weighted by Crippen LogP contribution is -2.33. The van der Waals surface area contributed by atoms with E-state index in [1.807, 2.05) is 11.8 Å². The third-order valence-electron chi connectivity index (χ3n) is 4.45. The lowest BCUT2D eigenvalue weighted by molar-refractivity contribution is -0.128. The fourth-order valence-corrected chi connectivity index (χ4v) is 3.35. The molecule has 1 amide bonds. The number of halogens is 1. The van der Waals surface area contributed by atoms with Crippen molar-refractivity contribution in [3.05, 3.63) is 27.9 Å². The number of amides is 1. The van der Waals surface area contributed by atoms with Crippen LogP contribution in [0.25, 0.3) is 11.0 Å². The van der Waals surface area contributed by atoms with Crippen LogP contribution in [0.4, 0.5) is 5.82 Å². The maximum Gasteiger partial charge on any atom is 0.219 e. The molecule has 1 aliphatic heterocycles. The van der Waals surface area contributed by atoms with Crippen LogP contribution in [0.2, 0.25) is 0 Å². The molecule has 0 unspecified atom stereocenters. The molecule has 0 saturated carbocycles. The number of nitrogens with zero attached hydrogens (tertiary/aromatic N) is 4. The molecule has 2 aromatic heterocycles. The van der Waals surface area contributed by atoms with Crippen molar-refractivity contribution in [1.82, 2.24) is 14.9 Å². The number of rotatable bonds is 1. The first-order valence-corrected chi connectivity index (χ1v) is 8.70. The smallest absolute Gasteiger partial charge is 0.219 e. The molecule has 1 aliphatic rings. The van der Waals surface area contributed by atoms with Gasteiger partial charge in [-0.25, -0.2) is 9.97 Å². The zero-order valence-corrected chi connectivity index (χ0v) is 15.4. The van der Waals surface area contributed by atoms with Crippen LogP contribution >= 0.6 is 15.9 Å². The maximum atomic E-state index is 11.6. The van der Waals surface area contributed by atoms with E-state index in [-0.39, 0.29) is 5.91 Å². The molecule has 6 heteroatoms. The number of pyridine rings is 2. The summed E-state index contributed by atoms with van der Waals surface area (Å²) in [4.78, 5) is 25.1. The van der Waals surface area contributed by atoms with E-state index in [2.05, 4.69) is 44.9 Å². The monoisotopic (exact) mass is 376 g/mol. The third kappa shape index (κ3) is 3.17. The Morgan fingerprint density at radius 3 is 2.65 bits per heavy atom. The summed E-state index contributed by atoms with van der Waals surface area (Å²) in [5.41, 5.74) is 2.91. The number of hydrogen-bond acceptors (Lipinski definition) is 4. The second-order valence-electron chi connectivity index (χ2n) is 6.02. The van der Waals surface area contributed by atoms with Crippen LogP contribution in [0.3, 0.4) is 0 Å². The van der Waals surface area contributed by atoms with E-state index >= 15 is 0 Å². The average molecular weight is 377 g/mol. The molecule has 0 spiro atoms. The average Bonchev–Trinajstić information content (AvgIpc) is 2.78. The van der Waals surface area contributed by atoms with Crippen molar-refractivity contribution in [3.8, 4) is 0 Å². The zero-order valence-electron chi connectivity index (χ0n) is 13.8. The van der Waals surface area contributed by atoms with Crippen LogP contribution in [0.5, 0.6) is 0 Å². The predicted octanol–water partition coefficient (Wildman–Crippen LogP) is 3.07. The van der Waals surface area contributed by atoms with E-state index in [1.165, 1.54) is 5.56 Å². The second-order valence-corrected chi connectivity index (χ2v) is 6.82. The van der Waals surface area contributed by atoms with Gasteiger partial charge in [0.2, 0.25) is 5.91 Å². The minimum absolute atomic E-state index is 0.149. The van der Waals surface area contributed by atoms with Crippen molar-refractivity contribution in [3.63, 3.8) is 0 Å². The second kappa shape index (κ2) is 6.43. The summed E-state index contributed by atoms with van der Waals surface area (Å²) in [6.07, 6.45) is 0.963. The van der Waals surface area contributed by atoms with Crippen LogP contribution in [0.15, 0.2) is 16.6 Å². The summed E-state index contributed by atoms with van der Waals surface area (Å²) in [7, 11) is 0. The molecule has 0 N–H and O–H groups in total. The molecule has 122 valence electrons. The SMILES string of the molecule is CC(=O)N1CCCN(c2ccc3c(C)c(Br)c(C)nc3n2)CC1. The van der Waals surface area contributed by atoms with Gasteiger partial charge in [-0.05, 0) is 53.9 Å². The van der Waals surface area contributed by atoms with Crippen LogP contribution < -0.4 is 4.90 Å². The Kier molecular flexibility index (Phi) is 4.53. The van der Waals surface area contributed by atoms with E-state index in [0.717, 1.165) is 59.6 Å². The molecule has 23 heavy (non-hydrogen) atoms. The van der Waals surface area contributed by atoms with Crippen molar-refractivity contribution < 1.29 is 4.79 Å². The van der Waals surface area contributed by atoms with E-state index in [1.54, 1.807) is 6.92 Å². The van der Waals surface area contributed by atoms with Crippen LogP contribution in [-0.2, 0) is 4.79 Å². The Labute approximate surface area is 144 Å². The number of carbonyl (C=O) groups excluding carboxylic acids is 1. The highest BCUT2D eigenvalue weighted by Crippen LogP contribution is 2.27. The quantitative estimate of drug-likeness (QED) is 0.767. The van der Waals surface area contributed by atoms with Gasteiger partial charge in [0.1, 0.15) is 5.82 Å². The van der Waals surface area contributed by atoms with Gasteiger partial charge >= 0.3 is 0 Å². The lowest BCUT2D eigenvalue weighted by Gasteiger charge is -2.22. The minimum atomic E-state index is 0.149. The Morgan fingerprint density at radius 1 is 1.13 bits per heavy atom. The largest absolute Gasteiger partial charge is 0.355 e. The highest BCUT2D eigenvalue weighted by molar-refractivity contribution is 9.10. The molecule has 1 saturated heterocycles. The summed E-state index contributed by atoms with van der Waals surface area (Å²) in [6.45, 7) is 9.00. The van der Waals surface area contributed by atoms with E-state index in [4.69, 9.17) is 4.98 Å². The summed E-state index contributed by atoms with van der Waals surface area (Å²) >= 11 is 3.59. The van der Waals surface area contributed by atoms with Gasteiger partial charge in [-0.2, -0.15) is 0 Å². The van der Waals surface area contributed by atoms with Crippen molar-refractivity contribution >= 4 is 38.7 Å². The van der Waals surface area contributed by atoms with Crippen LogP contribution in [-0.4, -0.2) is 47.0 Å². The Balaban J connectivity index is 1.91. The summed E-state index contributed by atoms with van der Waals surface area (Å²) < 4.78 is 1.05. The zero-order chi connectivity index (χ0) is 16.6. The summed E-state index contributed by atoms with van der Waals surface area (Å²) in [5.74, 6) is 1.09. The molecule has 2 aromatic rings.